The van der Waals surface area contributed by atoms with E-state index < -0.39 is 0 Å². The minimum atomic E-state index is -0.0936. The number of rotatable bonds is 7. The van der Waals surface area contributed by atoms with Crippen molar-refractivity contribution in [2.24, 2.45) is 5.92 Å². The van der Waals surface area contributed by atoms with Crippen molar-refractivity contribution >= 4 is 5.97 Å². The van der Waals surface area contributed by atoms with E-state index in [9.17, 15) is 4.79 Å². The Balaban J connectivity index is 1.58. The third-order valence-electron chi connectivity index (χ3n) is 3.64. The van der Waals surface area contributed by atoms with Gasteiger partial charge in [-0.2, -0.15) is 0 Å². The predicted octanol–water partition coefficient (Wildman–Crippen LogP) is 2.83. The number of carbonyl (C=O) groups excluding carboxylic acids is 1. The van der Waals surface area contributed by atoms with E-state index in [0.29, 0.717) is 18.9 Å². The fourth-order valence-electron chi connectivity index (χ4n) is 2.48. The lowest BCUT2D eigenvalue weighted by molar-refractivity contribution is -0.148. The van der Waals surface area contributed by atoms with Gasteiger partial charge in [0, 0.05) is 13.0 Å². The van der Waals surface area contributed by atoms with E-state index in [0.717, 1.165) is 31.4 Å². The van der Waals surface area contributed by atoms with E-state index in [2.05, 4.69) is 5.48 Å². The summed E-state index contributed by atoms with van der Waals surface area (Å²) in [6.45, 7) is 3.21. The molecule has 0 aliphatic heterocycles. The molecule has 1 N–H and O–H groups in total. The molecule has 0 heterocycles. The van der Waals surface area contributed by atoms with Crippen molar-refractivity contribution in [2.45, 2.75) is 45.3 Å². The highest BCUT2D eigenvalue weighted by molar-refractivity contribution is 5.69. The maximum atomic E-state index is 11.2. The molecular formula is C16H23NO3. The van der Waals surface area contributed by atoms with Gasteiger partial charge < -0.3 is 4.74 Å². The second kappa shape index (κ2) is 8.02. The molecule has 1 aromatic rings. The number of benzene rings is 1. The van der Waals surface area contributed by atoms with Crippen LogP contribution in [0.4, 0.5) is 0 Å². The summed E-state index contributed by atoms with van der Waals surface area (Å²) in [5.41, 5.74) is 4.18. The van der Waals surface area contributed by atoms with Gasteiger partial charge in [0.15, 0.2) is 0 Å². The smallest absolute Gasteiger partial charge is 0.305 e. The van der Waals surface area contributed by atoms with Gasteiger partial charge in [-0.1, -0.05) is 37.3 Å². The molecule has 1 saturated carbocycles. The summed E-state index contributed by atoms with van der Waals surface area (Å²) in [6.07, 6.45) is 3.55. The Labute approximate surface area is 120 Å². The van der Waals surface area contributed by atoms with Gasteiger partial charge in [0.05, 0.1) is 6.61 Å². The molecule has 0 bridgehead atoms. The van der Waals surface area contributed by atoms with Crippen LogP contribution in [0.15, 0.2) is 30.3 Å². The second-order valence-corrected chi connectivity index (χ2v) is 5.27. The van der Waals surface area contributed by atoms with Crippen LogP contribution < -0.4 is 5.48 Å². The summed E-state index contributed by atoms with van der Waals surface area (Å²) in [4.78, 5) is 16.7. The Bertz CT molecular complexity index is 407. The predicted molar refractivity (Wildman–Crippen MR) is 76.7 cm³/mol. The standard InChI is InChI=1S/C16H23NO3/c1-2-16(18)20-15-9-8-14(10-15)11-17-19-12-13-6-4-3-5-7-13/h3-7,14-15,17H,2,8-12H2,1H3. The second-order valence-electron chi connectivity index (χ2n) is 5.27. The van der Waals surface area contributed by atoms with E-state index in [1.165, 1.54) is 0 Å². The molecule has 20 heavy (non-hydrogen) atoms. The Hall–Kier alpha value is -1.39. The molecule has 4 nitrogen and oxygen atoms in total. The van der Waals surface area contributed by atoms with Crippen LogP contribution in [0.2, 0.25) is 0 Å². The third-order valence-corrected chi connectivity index (χ3v) is 3.64. The molecule has 0 saturated heterocycles. The molecular weight excluding hydrogens is 254 g/mol. The van der Waals surface area contributed by atoms with Crippen LogP contribution in [0.5, 0.6) is 0 Å². The van der Waals surface area contributed by atoms with Crippen molar-refractivity contribution < 1.29 is 14.4 Å². The third kappa shape index (κ3) is 4.94. The molecule has 2 atom stereocenters. The highest BCUT2D eigenvalue weighted by Crippen LogP contribution is 2.27. The number of hydrogen-bond donors (Lipinski definition) is 1. The van der Waals surface area contributed by atoms with Gasteiger partial charge in [0.25, 0.3) is 0 Å². The van der Waals surface area contributed by atoms with Crippen molar-refractivity contribution in [3.05, 3.63) is 35.9 Å². The Morgan fingerprint density at radius 2 is 2.10 bits per heavy atom. The average Bonchev–Trinajstić information content (AvgIpc) is 2.92. The van der Waals surface area contributed by atoms with Gasteiger partial charge in [0.2, 0.25) is 0 Å². The topological polar surface area (TPSA) is 47.6 Å². The monoisotopic (exact) mass is 277 g/mol. The van der Waals surface area contributed by atoms with Crippen molar-refractivity contribution in [1.82, 2.24) is 5.48 Å². The molecule has 2 rings (SSSR count). The fourth-order valence-corrected chi connectivity index (χ4v) is 2.48. The van der Waals surface area contributed by atoms with Crippen molar-refractivity contribution in [3.8, 4) is 0 Å². The Morgan fingerprint density at radius 1 is 1.30 bits per heavy atom. The minimum Gasteiger partial charge on any atom is -0.462 e. The van der Waals surface area contributed by atoms with Gasteiger partial charge in [-0.25, -0.2) is 5.48 Å². The van der Waals surface area contributed by atoms with Crippen LogP contribution in [0.3, 0.4) is 0 Å². The summed E-state index contributed by atoms with van der Waals surface area (Å²) in [5, 5.41) is 0. The zero-order valence-electron chi connectivity index (χ0n) is 12.0. The largest absolute Gasteiger partial charge is 0.462 e. The van der Waals surface area contributed by atoms with E-state index in [-0.39, 0.29) is 12.1 Å². The van der Waals surface area contributed by atoms with Crippen LogP contribution >= 0.6 is 0 Å². The Kier molecular flexibility index (Phi) is 6.02. The average molecular weight is 277 g/mol. The zero-order chi connectivity index (χ0) is 14.2. The van der Waals surface area contributed by atoms with Crippen molar-refractivity contribution in [3.63, 3.8) is 0 Å². The van der Waals surface area contributed by atoms with Crippen LogP contribution in [0.25, 0.3) is 0 Å². The van der Waals surface area contributed by atoms with E-state index in [4.69, 9.17) is 9.57 Å². The van der Waals surface area contributed by atoms with Crippen LogP contribution in [0.1, 0.15) is 38.2 Å². The van der Waals surface area contributed by atoms with Gasteiger partial charge in [-0.05, 0) is 30.7 Å². The summed E-state index contributed by atoms with van der Waals surface area (Å²) in [6, 6.07) is 10.1. The maximum Gasteiger partial charge on any atom is 0.305 e. The van der Waals surface area contributed by atoms with Crippen LogP contribution in [-0.4, -0.2) is 18.6 Å². The summed E-state index contributed by atoms with van der Waals surface area (Å²) < 4.78 is 5.36. The first-order chi connectivity index (χ1) is 9.78. The van der Waals surface area contributed by atoms with E-state index in [1.54, 1.807) is 0 Å². The first kappa shape index (κ1) is 15.0. The first-order valence-electron chi connectivity index (χ1n) is 7.36. The van der Waals surface area contributed by atoms with Crippen molar-refractivity contribution in [2.75, 3.05) is 6.54 Å². The van der Waals surface area contributed by atoms with E-state index >= 15 is 0 Å². The van der Waals surface area contributed by atoms with Crippen molar-refractivity contribution in [1.29, 1.82) is 0 Å². The number of ether oxygens (including phenoxy) is 1. The number of hydrogen-bond acceptors (Lipinski definition) is 4. The highest BCUT2D eigenvalue weighted by Gasteiger charge is 2.26. The normalized spacial score (nSPS) is 21.9. The molecule has 1 aliphatic rings. The molecule has 0 radical (unpaired) electrons. The van der Waals surface area contributed by atoms with Gasteiger partial charge >= 0.3 is 5.97 Å². The molecule has 1 aliphatic carbocycles. The Morgan fingerprint density at radius 3 is 2.85 bits per heavy atom. The summed E-state index contributed by atoms with van der Waals surface area (Å²) in [5.74, 6) is 0.435. The summed E-state index contributed by atoms with van der Waals surface area (Å²) >= 11 is 0. The lowest BCUT2D eigenvalue weighted by Gasteiger charge is -2.13. The lowest BCUT2D eigenvalue weighted by Crippen LogP contribution is -2.22. The number of esters is 1. The lowest BCUT2D eigenvalue weighted by atomic mass is 10.1. The molecule has 1 fully saturated rings. The van der Waals surface area contributed by atoms with Gasteiger partial charge in [-0.3, -0.25) is 9.63 Å². The summed E-state index contributed by atoms with van der Waals surface area (Å²) in [7, 11) is 0. The molecule has 4 heteroatoms. The number of carbonyl (C=O) groups is 1. The zero-order valence-corrected chi connectivity index (χ0v) is 12.0. The molecule has 110 valence electrons. The molecule has 0 amide bonds. The SMILES string of the molecule is CCC(=O)OC1CCC(CNOCc2ccccc2)C1. The number of nitrogens with one attached hydrogen (secondary N) is 1. The molecule has 2 unspecified atom stereocenters. The maximum absolute atomic E-state index is 11.2. The quantitative estimate of drug-likeness (QED) is 0.473. The van der Waals surface area contributed by atoms with Crippen LogP contribution in [0, 0.1) is 5.92 Å². The highest BCUT2D eigenvalue weighted by atomic mass is 16.6. The molecule has 1 aromatic carbocycles. The molecule has 0 aromatic heterocycles. The first-order valence-corrected chi connectivity index (χ1v) is 7.36. The van der Waals surface area contributed by atoms with Gasteiger partial charge in [-0.15, -0.1) is 0 Å². The van der Waals surface area contributed by atoms with E-state index in [1.807, 2.05) is 37.3 Å². The molecule has 0 spiro atoms. The fraction of sp³-hybridized carbons (Fsp3) is 0.562. The van der Waals surface area contributed by atoms with Crippen LogP contribution in [-0.2, 0) is 21.0 Å². The number of hydroxylamine groups is 1. The van der Waals surface area contributed by atoms with Gasteiger partial charge in [0.1, 0.15) is 6.10 Å². The minimum absolute atomic E-state index is 0.0936.